The van der Waals surface area contributed by atoms with E-state index in [9.17, 15) is 4.79 Å². The summed E-state index contributed by atoms with van der Waals surface area (Å²) in [7, 11) is 0. The Morgan fingerprint density at radius 3 is 3.21 bits per heavy atom. The Balaban J connectivity index is 1.87. The molecule has 2 aromatic rings. The Bertz CT molecular complexity index is 599. The number of nitrogens with one attached hydrogen (secondary N) is 1. The Hall–Kier alpha value is -1.75. The molecule has 3 rings (SSSR count). The molecule has 0 radical (unpaired) electrons. The van der Waals surface area contributed by atoms with E-state index in [1.807, 2.05) is 31.2 Å². The van der Waals surface area contributed by atoms with E-state index >= 15 is 0 Å². The number of aromatic nitrogens is 2. The number of hydrogen-bond acceptors (Lipinski definition) is 3. The van der Waals surface area contributed by atoms with Crippen LogP contribution in [-0.4, -0.2) is 21.2 Å². The number of carbonyl (C=O) groups is 1. The van der Waals surface area contributed by atoms with Crippen molar-refractivity contribution in [2.75, 3.05) is 11.1 Å². The van der Waals surface area contributed by atoms with E-state index in [-0.39, 0.29) is 5.91 Å². The number of aryl methyl sites for hydroxylation is 1. The predicted molar refractivity (Wildman–Crippen MR) is 77.3 cm³/mol. The molecule has 5 heteroatoms. The van der Waals surface area contributed by atoms with Gasteiger partial charge in [0, 0.05) is 36.2 Å². The number of fused-ring (bicyclic) bond motifs is 1. The third-order valence-corrected chi connectivity index (χ3v) is 4.04. The van der Waals surface area contributed by atoms with Crippen molar-refractivity contribution in [2.24, 2.45) is 0 Å². The summed E-state index contributed by atoms with van der Waals surface area (Å²) in [6.45, 7) is 2.87. The predicted octanol–water partition coefficient (Wildman–Crippen LogP) is 3.00. The van der Waals surface area contributed by atoms with Gasteiger partial charge in [0.15, 0.2) is 5.16 Å². The van der Waals surface area contributed by atoms with Crippen LogP contribution >= 0.6 is 11.8 Å². The smallest absolute Gasteiger partial charge is 0.224 e. The molecule has 0 fully saturated rings. The van der Waals surface area contributed by atoms with Crippen molar-refractivity contribution in [3.63, 3.8) is 0 Å². The molecule has 1 aromatic heterocycles. The average molecular weight is 273 g/mol. The molecule has 1 aromatic carbocycles. The highest BCUT2D eigenvalue weighted by Crippen LogP contribution is 2.29. The van der Waals surface area contributed by atoms with Gasteiger partial charge in [0.1, 0.15) is 0 Å². The lowest BCUT2D eigenvalue weighted by molar-refractivity contribution is -0.115. The average Bonchev–Trinajstić information content (AvgIpc) is 2.99. The quantitative estimate of drug-likeness (QED) is 0.935. The third kappa shape index (κ3) is 2.51. The first-order valence-corrected chi connectivity index (χ1v) is 7.35. The first-order chi connectivity index (χ1) is 9.26. The molecule has 0 unspecified atom stereocenters. The van der Waals surface area contributed by atoms with Crippen LogP contribution < -0.4 is 5.32 Å². The summed E-state index contributed by atoms with van der Waals surface area (Å²) in [5, 5.41) is 3.95. The van der Waals surface area contributed by atoms with Gasteiger partial charge in [0.25, 0.3) is 0 Å². The molecule has 0 atom stereocenters. The molecule has 1 N–H and O–H groups in total. The maximum Gasteiger partial charge on any atom is 0.224 e. The number of carbonyl (C=O) groups excluding carboxylic acids is 1. The summed E-state index contributed by atoms with van der Waals surface area (Å²) in [6.07, 6.45) is 2.57. The van der Waals surface area contributed by atoms with E-state index in [0.717, 1.165) is 34.4 Å². The van der Waals surface area contributed by atoms with Gasteiger partial charge in [-0.1, -0.05) is 30.8 Å². The van der Waals surface area contributed by atoms with Gasteiger partial charge >= 0.3 is 0 Å². The standard InChI is InChI=1S/C14H15N3OS/c1-2-13(18)15-11-5-3-4-10(8-11)12-9-17-6-7-19-14(17)16-12/h3-5,8-9H,2,6-7H2,1H3,(H,15,18). The topological polar surface area (TPSA) is 46.9 Å². The number of rotatable bonds is 3. The lowest BCUT2D eigenvalue weighted by atomic mass is 10.1. The molecule has 1 amide bonds. The van der Waals surface area contributed by atoms with Crippen LogP contribution in [0.1, 0.15) is 13.3 Å². The summed E-state index contributed by atoms with van der Waals surface area (Å²) in [4.78, 5) is 16.0. The van der Waals surface area contributed by atoms with E-state index in [1.165, 1.54) is 0 Å². The lowest BCUT2D eigenvalue weighted by Crippen LogP contribution is -2.09. The Morgan fingerprint density at radius 1 is 1.53 bits per heavy atom. The molecular formula is C14H15N3OS. The molecule has 0 saturated carbocycles. The summed E-state index contributed by atoms with van der Waals surface area (Å²) in [6, 6.07) is 7.83. The van der Waals surface area contributed by atoms with Gasteiger partial charge in [-0.05, 0) is 12.1 Å². The highest BCUT2D eigenvalue weighted by atomic mass is 32.2. The van der Waals surface area contributed by atoms with Gasteiger partial charge in [-0.3, -0.25) is 4.79 Å². The second kappa shape index (κ2) is 5.09. The highest BCUT2D eigenvalue weighted by molar-refractivity contribution is 7.99. The highest BCUT2D eigenvalue weighted by Gasteiger charge is 2.15. The lowest BCUT2D eigenvalue weighted by Gasteiger charge is -2.05. The van der Waals surface area contributed by atoms with E-state index in [1.54, 1.807) is 11.8 Å². The van der Waals surface area contributed by atoms with Crippen LogP contribution in [-0.2, 0) is 11.3 Å². The van der Waals surface area contributed by atoms with Gasteiger partial charge < -0.3 is 9.88 Å². The first-order valence-electron chi connectivity index (χ1n) is 6.36. The maximum absolute atomic E-state index is 11.4. The molecule has 0 bridgehead atoms. The number of anilines is 1. The molecule has 0 spiro atoms. The van der Waals surface area contributed by atoms with E-state index in [0.29, 0.717) is 6.42 Å². The molecule has 2 heterocycles. The van der Waals surface area contributed by atoms with E-state index in [2.05, 4.69) is 21.1 Å². The zero-order chi connectivity index (χ0) is 13.2. The normalized spacial score (nSPS) is 13.3. The number of hydrogen-bond donors (Lipinski definition) is 1. The number of benzene rings is 1. The van der Waals surface area contributed by atoms with Gasteiger partial charge in [-0.25, -0.2) is 4.98 Å². The van der Waals surface area contributed by atoms with Gasteiger partial charge in [0.2, 0.25) is 5.91 Å². The van der Waals surface area contributed by atoms with Crippen LogP contribution in [0.3, 0.4) is 0 Å². The van der Waals surface area contributed by atoms with Crippen LogP contribution in [0.5, 0.6) is 0 Å². The minimum absolute atomic E-state index is 0.0278. The van der Waals surface area contributed by atoms with Crippen LogP contribution in [0.4, 0.5) is 5.69 Å². The number of imidazole rings is 1. The SMILES string of the molecule is CCC(=O)Nc1cccc(-c2cn3c(n2)SCC3)c1. The summed E-state index contributed by atoms with van der Waals surface area (Å²) in [5.41, 5.74) is 2.83. The summed E-state index contributed by atoms with van der Waals surface area (Å²) in [5.74, 6) is 1.13. The van der Waals surface area contributed by atoms with Crippen molar-refractivity contribution >= 4 is 23.4 Å². The molecular weight excluding hydrogens is 258 g/mol. The van der Waals surface area contributed by atoms with E-state index in [4.69, 9.17) is 0 Å². The monoisotopic (exact) mass is 273 g/mol. The van der Waals surface area contributed by atoms with Gasteiger partial charge in [-0.2, -0.15) is 0 Å². The fraction of sp³-hybridized carbons (Fsp3) is 0.286. The Labute approximate surface area is 116 Å². The molecule has 0 saturated heterocycles. The van der Waals surface area contributed by atoms with Gasteiger partial charge in [0.05, 0.1) is 5.69 Å². The molecule has 1 aliphatic heterocycles. The fourth-order valence-corrected chi connectivity index (χ4v) is 3.00. The van der Waals surface area contributed by atoms with Crippen LogP contribution in [0, 0.1) is 0 Å². The van der Waals surface area contributed by atoms with Crippen molar-refractivity contribution in [2.45, 2.75) is 25.0 Å². The summed E-state index contributed by atoms with van der Waals surface area (Å²) >= 11 is 1.78. The largest absolute Gasteiger partial charge is 0.326 e. The van der Waals surface area contributed by atoms with Crippen molar-refractivity contribution in [1.29, 1.82) is 0 Å². The second-order valence-electron chi connectivity index (χ2n) is 4.43. The zero-order valence-electron chi connectivity index (χ0n) is 10.7. The minimum Gasteiger partial charge on any atom is -0.326 e. The van der Waals surface area contributed by atoms with Crippen molar-refractivity contribution in [1.82, 2.24) is 9.55 Å². The van der Waals surface area contributed by atoms with Gasteiger partial charge in [-0.15, -0.1) is 0 Å². The molecule has 19 heavy (non-hydrogen) atoms. The Kier molecular flexibility index (Phi) is 3.29. The third-order valence-electron chi connectivity index (χ3n) is 3.07. The Morgan fingerprint density at radius 2 is 2.42 bits per heavy atom. The van der Waals surface area contributed by atoms with Crippen LogP contribution in [0.15, 0.2) is 35.6 Å². The van der Waals surface area contributed by atoms with Crippen LogP contribution in [0.2, 0.25) is 0 Å². The number of thioether (sulfide) groups is 1. The second-order valence-corrected chi connectivity index (χ2v) is 5.50. The molecule has 4 nitrogen and oxygen atoms in total. The van der Waals surface area contributed by atoms with Crippen molar-refractivity contribution < 1.29 is 4.79 Å². The molecule has 1 aliphatic rings. The zero-order valence-corrected chi connectivity index (χ0v) is 11.5. The van der Waals surface area contributed by atoms with Crippen molar-refractivity contribution in [3.8, 4) is 11.3 Å². The van der Waals surface area contributed by atoms with Crippen molar-refractivity contribution in [3.05, 3.63) is 30.5 Å². The first kappa shape index (κ1) is 12.3. The number of nitrogens with zero attached hydrogens (tertiary/aromatic N) is 2. The minimum atomic E-state index is 0.0278. The molecule has 98 valence electrons. The van der Waals surface area contributed by atoms with Crippen LogP contribution in [0.25, 0.3) is 11.3 Å². The summed E-state index contributed by atoms with van der Waals surface area (Å²) < 4.78 is 2.18. The fourth-order valence-electron chi connectivity index (χ4n) is 2.05. The van der Waals surface area contributed by atoms with E-state index < -0.39 is 0 Å². The number of amides is 1. The maximum atomic E-state index is 11.4. The molecule has 0 aliphatic carbocycles.